The number of carbonyl (C=O) groups is 2. The summed E-state index contributed by atoms with van der Waals surface area (Å²) in [6, 6.07) is 11.1. The summed E-state index contributed by atoms with van der Waals surface area (Å²) in [5, 5.41) is 33.1. The number of urea groups is 1. The van der Waals surface area contributed by atoms with Gasteiger partial charge in [0.25, 0.3) is 0 Å². The molecule has 0 saturated heterocycles. The predicted octanol–water partition coefficient (Wildman–Crippen LogP) is 3.47. The Balaban J connectivity index is 1.48. The quantitative estimate of drug-likeness (QED) is 0.154. The molecular formula is C28H41N3O7. The van der Waals surface area contributed by atoms with E-state index in [4.69, 9.17) is 15.3 Å². The molecule has 0 aromatic heterocycles. The minimum Gasteiger partial charge on any atom is -0.508 e. The topological polar surface area (TPSA) is 155 Å². The molecule has 210 valence electrons. The van der Waals surface area contributed by atoms with Crippen LogP contribution in [0.4, 0.5) is 10.5 Å². The number of amides is 2. The van der Waals surface area contributed by atoms with Gasteiger partial charge in [0.15, 0.2) is 0 Å². The van der Waals surface area contributed by atoms with Gasteiger partial charge in [0.2, 0.25) is 0 Å². The first kappa shape index (κ1) is 31.0. The molecule has 0 radical (unpaired) electrons. The number of nitrogens with one attached hydrogen (secondary N) is 1. The number of benzene rings is 2. The van der Waals surface area contributed by atoms with Crippen molar-refractivity contribution in [3.8, 4) is 5.75 Å². The van der Waals surface area contributed by atoms with Crippen LogP contribution in [0, 0.1) is 0 Å². The molecule has 0 unspecified atom stereocenters. The summed E-state index contributed by atoms with van der Waals surface area (Å²) >= 11 is 0. The standard InChI is InChI=1S/C28H41N3O7/c1-21(33)38-31(28(29)36)25-11-8-10-22(17-25)9-4-7-16-37-15-6-3-2-5-14-30-19-27(35)23-12-13-26(34)24(18-23)20-32/h8,10-13,17-18,27,30,32,34-35H,2-7,9,14-16,19-20H2,1H3,(H2,29,36)/t27-/m1/s1. The molecule has 2 rings (SSSR count). The third-order valence-electron chi connectivity index (χ3n) is 5.96. The molecule has 0 spiro atoms. The number of hydrogen-bond acceptors (Lipinski definition) is 8. The normalized spacial score (nSPS) is 11.8. The lowest BCUT2D eigenvalue weighted by molar-refractivity contribution is -0.141. The first-order valence-electron chi connectivity index (χ1n) is 13.1. The van der Waals surface area contributed by atoms with Gasteiger partial charge < -0.3 is 35.9 Å². The van der Waals surface area contributed by atoms with Crippen molar-refractivity contribution in [2.75, 3.05) is 31.4 Å². The highest BCUT2D eigenvalue weighted by atomic mass is 16.7. The fourth-order valence-electron chi connectivity index (χ4n) is 3.93. The molecule has 0 aliphatic heterocycles. The zero-order valence-electron chi connectivity index (χ0n) is 22.1. The Labute approximate surface area is 224 Å². The molecule has 2 amide bonds. The zero-order chi connectivity index (χ0) is 27.8. The minimum atomic E-state index is -0.857. The van der Waals surface area contributed by atoms with E-state index < -0.39 is 18.1 Å². The Bertz CT molecular complexity index is 1000. The molecule has 0 aliphatic rings. The number of hydrogen-bond donors (Lipinski definition) is 5. The number of aliphatic hydroxyl groups excluding tert-OH is 2. The zero-order valence-corrected chi connectivity index (χ0v) is 22.1. The largest absolute Gasteiger partial charge is 0.508 e. The Hall–Kier alpha value is -3.18. The van der Waals surface area contributed by atoms with E-state index in [2.05, 4.69) is 5.32 Å². The fourth-order valence-corrected chi connectivity index (χ4v) is 3.93. The van der Waals surface area contributed by atoms with E-state index in [0.29, 0.717) is 30.0 Å². The fraction of sp³-hybridized carbons (Fsp3) is 0.500. The van der Waals surface area contributed by atoms with Crippen molar-refractivity contribution >= 4 is 17.7 Å². The highest BCUT2D eigenvalue weighted by Crippen LogP contribution is 2.22. The average molecular weight is 532 g/mol. The number of nitrogens with zero attached hydrogens (tertiary/aromatic N) is 1. The minimum absolute atomic E-state index is 0.0275. The van der Waals surface area contributed by atoms with Gasteiger partial charge in [-0.3, -0.25) is 0 Å². The van der Waals surface area contributed by atoms with Crippen molar-refractivity contribution in [1.82, 2.24) is 5.32 Å². The molecule has 0 aliphatic carbocycles. The summed E-state index contributed by atoms with van der Waals surface area (Å²) in [7, 11) is 0. The van der Waals surface area contributed by atoms with Crippen molar-refractivity contribution in [2.24, 2.45) is 5.73 Å². The number of unbranched alkanes of at least 4 members (excludes halogenated alkanes) is 4. The summed E-state index contributed by atoms with van der Waals surface area (Å²) in [5.41, 5.74) is 7.80. The molecule has 1 atom stereocenters. The molecule has 6 N–H and O–H groups in total. The summed E-state index contributed by atoms with van der Waals surface area (Å²) in [4.78, 5) is 27.6. The summed E-state index contributed by atoms with van der Waals surface area (Å²) in [5.74, 6) is -0.594. The molecule has 38 heavy (non-hydrogen) atoms. The van der Waals surface area contributed by atoms with Crippen molar-refractivity contribution in [3.05, 3.63) is 59.2 Å². The van der Waals surface area contributed by atoms with Crippen LogP contribution in [-0.4, -0.2) is 53.6 Å². The van der Waals surface area contributed by atoms with Crippen LogP contribution in [0.5, 0.6) is 5.75 Å². The second-order valence-corrected chi connectivity index (χ2v) is 9.14. The van der Waals surface area contributed by atoms with Gasteiger partial charge in [-0.1, -0.05) is 31.0 Å². The predicted molar refractivity (Wildman–Crippen MR) is 144 cm³/mol. The molecule has 2 aromatic rings. The first-order chi connectivity index (χ1) is 18.3. The number of carbonyl (C=O) groups excluding carboxylic acids is 2. The van der Waals surface area contributed by atoms with Gasteiger partial charge in [0, 0.05) is 32.2 Å². The van der Waals surface area contributed by atoms with Gasteiger partial charge in [-0.25, -0.2) is 9.59 Å². The Morgan fingerprint density at radius 2 is 1.76 bits per heavy atom. The van der Waals surface area contributed by atoms with Gasteiger partial charge in [0.05, 0.1) is 18.4 Å². The van der Waals surface area contributed by atoms with Crippen molar-refractivity contribution in [2.45, 2.75) is 64.6 Å². The van der Waals surface area contributed by atoms with Gasteiger partial charge in [-0.2, -0.15) is 0 Å². The smallest absolute Gasteiger partial charge is 0.352 e. The maximum absolute atomic E-state index is 11.5. The number of anilines is 1. The molecule has 10 heteroatoms. The Kier molecular flexibility index (Phi) is 14.2. The Morgan fingerprint density at radius 1 is 1.03 bits per heavy atom. The number of rotatable bonds is 17. The molecule has 0 saturated carbocycles. The van der Waals surface area contributed by atoms with Crippen LogP contribution >= 0.6 is 0 Å². The number of aryl methyl sites for hydroxylation is 1. The van der Waals surface area contributed by atoms with E-state index in [9.17, 15) is 24.9 Å². The van der Waals surface area contributed by atoms with E-state index in [1.165, 1.54) is 13.0 Å². The summed E-state index contributed by atoms with van der Waals surface area (Å²) < 4.78 is 5.73. The Morgan fingerprint density at radius 3 is 2.47 bits per heavy atom. The monoisotopic (exact) mass is 531 g/mol. The first-order valence-corrected chi connectivity index (χ1v) is 13.1. The molecule has 0 heterocycles. The number of ether oxygens (including phenoxy) is 1. The lowest BCUT2D eigenvalue weighted by Gasteiger charge is -2.18. The van der Waals surface area contributed by atoms with E-state index >= 15 is 0 Å². The molecule has 2 aromatic carbocycles. The SMILES string of the molecule is CC(=O)ON(C(N)=O)c1cccc(CCCCOCCCCCCNC[C@@H](O)c2ccc(O)c(CO)c2)c1. The number of phenols is 1. The van der Waals surface area contributed by atoms with Gasteiger partial charge >= 0.3 is 12.0 Å². The number of nitrogens with two attached hydrogens (primary N) is 1. The van der Waals surface area contributed by atoms with Crippen molar-refractivity contribution in [3.63, 3.8) is 0 Å². The molecule has 0 bridgehead atoms. The van der Waals surface area contributed by atoms with Crippen LogP contribution < -0.4 is 16.1 Å². The van der Waals surface area contributed by atoms with Crippen LogP contribution in [0.25, 0.3) is 0 Å². The van der Waals surface area contributed by atoms with Crippen LogP contribution in [0.15, 0.2) is 42.5 Å². The van der Waals surface area contributed by atoms with Crippen molar-refractivity contribution in [1.29, 1.82) is 0 Å². The molecule has 10 nitrogen and oxygen atoms in total. The average Bonchev–Trinajstić information content (AvgIpc) is 2.90. The third kappa shape index (κ3) is 11.5. The second kappa shape index (κ2) is 17.4. The maximum Gasteiger partial charge on any atom is 0.352 e. The highest BCUT2D eigenvalue weighted by Gasteiger charge is 2.16. The molecule has 0 fully saturated rings. The van der Waals surface area contributed by atoms with Gasteiger partial charge in [0.1, 0.15) is 5.75 Å². The van der Waals surface area contributed by atoms with Crippen LogP contribution in [0.2, 0.25) is 0 Å². The lowest BCUT2D eigenvalue weighted by Crippen LogP contribution is -2.37. The number of aliphatic hydroxyl groups is 2. The van der Waals surface area contributed by atoms with E-state index in [0.717, 1.165) is 68.7 Å². The molecular weight excluding hydrogens is 490 g/mol. The summed E-state index contributed by atoms with van der Waals surface area (Å²) in [6.45, 7) is 3.58. The number of aromatic hydroxyl groups is 1. The van der Waals surface area contributed by atoms with Gasteiger partial charge in [-0.05, 0) is 74.0 Å². The van der Waals surface area contributed by atoms with Gasteiger partial charge in [-0.15, -0.1) is 5.06 Å². The number of hydroxylamine groups is 1. The van der Waals surface area contributed by atoms with Crippen LogP contribution in [0.3, 0.4) is 0 Å². The third-order valence-corrected chi connectivity index (χ3v) is 5.96. The summed E-state index contributed by atoms with van der Waals surface area (Å²) in [6.07, 6.45) is 6.12. The highest BCUT2D eigenvalue weighted by molar-refractivity contribution is 5.90. The van der Waals surface area contributed by atoms with E-state index in [1.807, 2.05) is 6.07 Å². The van der Waals surface area contributed by atoms with Crippen molar-refractivity contribution < 1.29 is 34.5 Å². The van der Waals surface area contributed by atoms with Crippen LogP contribution in [-0.2, 0) is 27.4 Å². The second-order valence-electron chi connectivity index (χ2n) is 9.14. The number of primary amides is 1. The van der Waals surface area contributed by atoms with Crippen LogP contribution in [0.1, 0.15) is 68.2 Å². The maximum atomic E-state index is 11.5. The van der Waals surface area contributed by atoms with E-state index in [-0.39, 0.29) is 12.4 Å². The lowest BCUT2D eigenvalue weighted by atomic mass is 10.1. The van der Waals surface area contributed by atoms with E-state index in [1.54, 1.807) is 30.3 Å².